The van der Waals surface area contributed by atoms with Gasteiger partial charge >= 0.3 is 0 Å². The molecule has 0 aliphatic heterocycles. The van der Waals surface area contributed by atoms with Crippen LogP contribution in [0, 0.1) is 0 Å². The highest BCUT2D eigenvalue weighted by molar-refractivity contribution is 6.32. The Morgan fingerprint density at radius 1 is 0.533 bits per heavy atom. The minimum absolute atomic E-state index is 0.771. The molecule has 0 amide bonds. The van der Waals surface area contributed by atoms with E-state index in [-0.39, 0.29) is 0 Å². The molecule has 30 heavy (non-hydrogen) atoms. The van der Waals surface area contributed by atoms with Crippen LogP contribution in [0.4, 0.5) is 0 Å². The van der Waals surface area contributed by atoms with Crippen molar-refractivity contribution in [1.29, 1.82) is 0 Å². The molecule has 2 aromatic heterocycles. The van der Waals surface area contributed by atoms with Crippen LogP contribution in [-0.2, 0) is 12.8 Å². The third kappa shape index (κ3) is 2.21. The Balaban J connectivity index is 1.46. The van der Waals surface area contributed by atoms with Gasteiger partial charge in [-0.15, -0.1) is 0 Å². The molecule has 0 atom stereocenters. The molecule has 144 valence electrons. The molecular weight excluding hydrogens is 411 g/mol. The van der Waals surface area contributed by atoms with E-state index in [4.69, 9.17) is 23.2 Å². The highest BCUT2D eigenvalue weighted by Gasteiger charge is 2.24. The van der Waals surface area contributed by atoms with Crippen molar-refractivity contribution < 1.29 is 0 Å². The lowest BCUT2D eigenvalue weighted by Gasteiger charge is -2.13. The molecule has 7 rings (SSSR count). The van der Waals surface area contributed by atoms with E-state index in [2.05, 4.69) is 46.4 Å². The fourth-order valence-electron chi connectivity index (χ4n) is 5.21. The second-order valence-electron chi connectivity index (χ2n) is 8.22. The van der Waals surface area contributed by atoms with Gasteiger partial charge in [-0.05, 0) is 46.2 Å². The van der Waals surface area contributed by atoms with Crippen molar-refractivity contribution in [3.05, 3.63) is 93.2 Å². The molecule has 2 N–H and O–H groups in total. The summed E-state index contributed by atoms with van der Waals surface area (Å²) in [6.07, 6.45) is 1.82. The van der Waals surface area contributed by atoms with Crippen LogP contribution in [0.1, 0.15) is 22.5 Å². The SMILES string of the molecule is Clc1ccc2c(ccc3c4c([nH]c32)Cc2c([nH]c3c2ccc2cc(Cl)ccc23)C4)c1. The van der Waals surface area contributed by atoms with Crippen LogP contribution in [0.5, 0.6) is 0 Å². The maximum atomic E-state index is 6.20. The Morgan fingerprint density at radius 3 is 1.43 bits per heavy atom. The van der Waals surface area contributed by atoms with E-state index in [1.165, 1.54) is 65.9 Å². The number of H-pyrrole nitrogens is 2. The summed E-state index contributed by atoms with van der Waals surface area (Å²) in [6, 6.07) is 21.1. The smallest absolute Gasteiger partial charge is 0.0538 e. The van der Waals surface area contributed by atoms with E-state index >= 15 is 0 Å². The predicted octanol–water partition coefficient (Wildman–Crippen LogP) is 7.76. The largest absolute Gasteiger partial charge is 0.357 e. The van der Waals surface area contributed by atoms with Crippen molar-refractivity contribution in [3.8, 4) is 0 Å². The van der Waals surface area contributed by atoms with Gasteiger partial charge in [0, 0.05) is 55.8 Å². The predicted molar refractivity (Wildman–Crippen MR) is 127 cm³/mol. The summed E-state index contributed by atoms with van der Waals surface area (Å²) in [5.41, 5.74) is 7.85. The first-order valence-electron chi connectivity index (χ1n) is 10.1. The Labute approximate surface area is 182 Å². The topological polar surface area (TPSA) is 31.6 Å². The second kappa shape index (κ2) is 5.81. The number of fused-ring (bicyclic) bond motifs is 10. The Morgan fingerprint density at radius 2 is 0.967 bits per heavy atom. The van der Waals surface area contributed by atoms with Crippen LogP contribution >= 0.6 is 23.2 Å². The van der Waals surface area contributed by atoms with Crippen LogP contribution in [0.15, 0.2) is 60.7 Å². The Hall–Kier alpha value is -2.94. The molecule has 2 nitrogen and oxygen atoms in total. The van der Waals surface area contributed by atoms with E-state index in [1.54, 1.807) is 0 Å². The lowest BCUT2D eigenvalue weighted by Crippen LogP contribution is -2.04. The average molecular weight is 427 g/mol. The van der Waals surface area contributed by atoms with Crippen molar-refractivity contribution in [2.45, 2.75) is 12.8 Å². The number of halogens is 2. The standard InChI is InChI=1S/C26H16Cl2N2/c27-15-3-7-17-13(9-15)1-5-19-21-11-24-22(12-23(21)29-25(17)19)20-6-2-14-10-16(28)4-8-18(14)26(20)30-24/h1-10,29-30H,11-12H2. The number of aromatic nitrogens is 2. The number of nitrogens with one attached hydrogen (secondary N) is 2. The first-order chi connectivity index (χ1) is 14.7. The Kier molecular flexibility index (Phi) is 3.26. The summed E-state index contributed by atoms with van der Waals surface area (Å²) >= 11 is 12.4. The zero-order chi connectivity index (χ0) is 20.0. The summed E-state index contributed by atoms with van der Waals surface area (Å²) in [4.78, 5) is 7.49. The maximum Gasteiger partial charge on any atom is 0.0538 e. The summed E-state index contributed by atoms with van der Waals surface area (Å²) in [6.45, 7) is 0. The van der Waals surface area contributed by atoms with Crippen molar-refractivity contribution >= 4 is 66.6 Å². The lowest BCUT2D eigenvalue weighted by atomic mass is 9.91. The van der Waals surface area contributed by atoms with Crippen molar-refractivity contribution in [3.63, 3.8) is 0 Å². The summed E-state index contributed by atoms with van der Waals surface area (Å²) in [5, 5.41) is 8.94. The van der Waals surface area contributed by atoms with Gasteiger partial charge < -0.3 is 9.97 Å². The van der Waals surface area contributed by atoms with Crippen molar-refractivity contribution in [1.82, 2.24) is 9.97 Å². The van der Waals surface area contributed by atoms with Crippen LogP contribution in [0.25, 0.3) is 43.4 Å². The third-order valence-corrected chi connectivity index (χ3v) is 7.07. The second-order valence-corrected chi connectivity index (χ2v) is 9.10. The van der Waals surface area contributed by atoms with Gasteiger partial charge in [-0.3, -0.25) is 0 Å². The summed E-state index contributed by atoms with van der Waals surface area (Å²) in [5.74, 6) is 0. The van der Waals surface area contributed by atoms with Gasteiger partial charge in [0.05, 0.1) is 11.0 Å². The molecule has 0 spiro atoms. The van der Waals surface area contributed by atoms with Crippen molar-refractivity contribution in [2.24, 2.45) is 0 Å². The molecule has 4 aromatic carbocycles. The molecule has 0 bridgehead atoms. The van der Waals surface area contributed by atoms with Gasteiger partial charge in [-0.25, -0.2) is 0 Å². The first-order valence-corrected chi connectivity index (χ1v) is 10.8. The van der Waals surface area contributed by atoms with Crippen molar-refractivity contribution in [2.75, 3.05) is 0 Å². The molecule has 1 aliphatic rings. The first kappa shape index (κ1) is 16.8. The lowest BCUT2D eigenvalue weighted by molar-refractivity contribution is 0.966. The quantitative estimate of drug-likeness (QED) is 0.248. The zero-order valence-corrected chi connectivity index (χ0v) is 17.5. The van der Waals surface area contributed by atoms with Crippen LogP contribution in [0.3, 0.4) is 0 Å². The van der Waals surface area contributed by atoms with Gasteiger partial charge in [0.1, 0.15) is 0 Å². The summed E-state index contributed by atoms with van der Waals surface area (Å²) < 4.78 is 0. The Bertz CT molecular complexity index is 1540. The number of aromatic amines is 2. The minimum Gasteiger partial charge on any atom is -0.357 e. The monoisotopic (exact) mass is 426 g/mol. The number of benzene rings is 4. The van der Waals surface area contributed by atoms with Gasteiger partial charge in [-0.1, -0.05) is 59.6 Å². The van der Waals surface area contributed by atoms with Gasteiger partial charge in [0.15, 0.2) is 0 Å². The molecule has 4 heteroatoms. The zero-order valence-electron chi connectivity index (χ0n) is 15.9. The average Bonchev–Trinajstić information content (AvgIpc) is 3.29. The van der Waals surface area contributed by atoms with Crippen LogP contribution in [-0.4, -0.2) is 9.97 Å². The number of rotatable bonds is 0. The maximum absolute atomic E-state index is 6.20. The third-order valence-electron chi connectivity index (χ3n) is 6.60. The van der Waals surface area contributed by atoms with Gasteiger partial charge in [0.25, 0.3) is 0 Å². The minimum atomic E-state index is 0.771. The van der Waals surface area contributed by atoms with Crippen LogP contribution in [0.2, 0.25) is 10.0 Å². The fraction of sp³-hybridized carbons (Fsp3) is 0.0769. The number of hydrogen-bond donors (Lipinski definition) is 2. The number of hydrogen-bond acceptors (Lipinski definition) is 0. The van der Waals surface area contributed by atoms with Gasteiger partial charge in [-0.2, -0.15) is 0 Å². The molecule has 2 heterocycles. The van der Waals surface area contributed by atoms with E-state index in [0.29, 0.717) is 0 Å². The molecule has 6 aromatic rings. The van der Waals surface area contributed by atoms with E-state index in [9.17, 15) is 0 Å². The van der Waals surface area contributed by atoms with E-state index in [1.807, 2.05) is 24.3 Å². The molecule has 0 saturated heterocycles. The molecule has 0 unspecified atom stereocenters. The van der Waals surface area contributed by atoms with Crippen LogP contribution < -0.4 is 0 Å². The normalized spacial score (nSPS) is 13.4. The molecular formula is C26H16Cl2N2. The van der Waals surface area contributed by atoms with Gasteiger partial charge in [0.2, 0.25) is 0 Å². The highest BCUT2D eigenvalue weighted by atomic mass is 35.5. The molecule has 0 fully saturated rings. The molecule has 1 aliphatic carbocycles. The van der Waals surface area contributed by atoms with E-state index in [0.717, 1.165) is 22.9 Å². The molecule has 0 radical (unpaired) electrons. The highest BCUT2D eigenvalue weighted by Crippen LogP contribution is 2.40. The summed E-state index contributed by atoms with van der Waals surface area (Å²) in [7, 11) is 0. The van der Waals surface area contributed by atoms with E-state index < -0.39 is 0 Å². The fourth-order valence-corrected chi connectivity index (χ4v) is 5.57. The molecule has 0 saturated carbocycles.